The van der Waals surface area contributed by atoms with Gasteiger partial charge in [-0.2, -0.15) is 5.48 Å². The Morgan fingerprint density at radius 2 is 2.05 bits per heavy atom. The molecule has 0 spiro atoms. The van der Waals surface area contributed by atoms with E-state index in [2.05, 4.69) is 20.2 Å². The number of nitrogens with zero attached hydrogens (tertiary/aromatic N) is 3. The number of benzene rings is 1. The molecule has 0 fully saturated rings. The predicted octanol–water partition coefficient (Wildman–Crippen LogP) is 1.84. The lowest BCUT2D eigenvalue weighted by Gasteiger charge is -2.14. The van der Waals surface area contributed by atoms with Gasteiger partial charge in [-0.25, -0.2) is 0 Å². The number of hydroxylamine groups is 1. The highest BCUT2D eigenvalue weighted by molar-refractivity contribution is 5.13. The van der Waals surface area contributed by atoms with Crippen molar-refractivity contribution in [1.82, 2.24) is 20.2 Å². The molecule has 1 N–H and O–H groups in total. The van der Waals surface area contributed by atoms with Crippen molar-refractivity contribution in [3.8, 4) is 0 Å². The topological polar surface area (TPSA) is 52.0 Å². The lowest BCUT2D eigenvalue weighted by molar-refractivity contribution is 0.0214. The van der Waals surface area contributed by atoms with Crippen molar-refractivity contribution in [2.24, 2.45) is 0 Å². The number of hydrogen-bond donors (Lipinski definition) is 1. The SMILES string of the molecule is c1ccc(CONCc2nnc3n2CCCC3)cc1. The van der Waals surface area contributed by atoms with Crippen molar-refractivity contribution in [3.63, 3.8) is 0 Å². The number of aryl methyl sites for hydroxylation is 1. The maximum atomic E-state index is 5.45. The van der Waals surface area contributed by atoms with Gasteiger partial charge in [-0.1, -0.05) is 30.3 Å². The van der Waals surface area contributed by atoms with Crippen LogP contribution < -0.4 is 5.48 Å². The molecule has 100 valence electrons. The van der Waals surface area contributed by atoms with E-state index >= 15 is 0 Å². The molecule has 2 heterocycles. The average molecular weight is 258 g/mol. The minimum absolute atomic E-state index is 0.557. The molecule has 0 bridgehead atoms. The molecule has 19 heavy (non-hydrogen) atoms. The highest BCUT2D eigenvalue weighted by Crippen LogP contribution is 2.13. The van der Waals surface area contributed by atoms with Gasteiger partial charge in [0.2, 0.25) is 0 Å². The molecule has 2 aromatic rings. The quantitative estimate of drug-likeness (QED) is 0.656. The number of nitrogens with one attached hydrogen (secondary N) is 1. The first-order valence-electron chi connectivity index (χ1n) is 6.73. The Morgan fingerprint density at radius 1 is 1.16 bits per heavy atom. The van der Waals surface area contributed by atoms with E-state index < -0.39 is 0 Å². The van der Waals surface area contributed by atoms with E-state index in [4.69, 9.17) is 4.84 Å². The Bertz CT molecular complexity index is 523. The Morgan fingerprint density at radius 3 is 2.95 bits per heavy atom. The largest absolute Gasteiger partial charge is 0.314 e. The molecule has 0 aliphatic carbocycles. The summed E-state index contributed by atoms with van der Waals surface area (Å²) >= 11 is 0. The van der Waals surface area contributed by atoms with Gasteiger partial charge in [0.05, 0.1) is 13.2 Å². The van der Waals surface area contributed by atoms with Gasteiger partial charge in [0.15, 0.2) is 0 Å². The van der Waals surface area contributed by atoms with Crippen LogP contribution >= 0.6 is 0 Å². The second-order valence-corrected chi connectivity index (χ2v) is 4.74. The van der Waals surface area contributed by atoms with E-state index in [1.54, 1.807) is 0 Å². The van der Waals surface area contributed by atoms with Crippen LogP contribution in [0.1, 0.15) is 30.1 Å². The molecular formula is C14H18N4O. The molecule has 0 saturated heterocycles. The third kappa shape index (κ3) is 3.00. The third-order valence-corrected chi connectivity index (χ3v) is 3.35. The zero-order valence-corrected chi connectivity index (χ0v) is 10.9. The van der Waals surface area contributed by atoms with Gasteiger partial charge in [-0.3, -0.25) is 4.84 Å². The van der Waals surface area contributed by atoms with Gasteiger partial charge in [0, 0.05) is 13.0 Å². The van der Waals surface area contributed by atoms with E-state index in [1.807, 2.05) is 30.3 Å². The van der Waals surface area contributed by atoms with Crippen molar-refractivity contribution in [2.45, 2.75) is 39.0 Å². The summed E-state index contributed by atoms with van der Waals surface area (Å²) < 4.78 is 2.20. The fourth-order valence-electron chi connectivity index (χ4n) is 2.32. The monoisotopic (exact) mass is 258 g/mol. The van der Waals surface area contributed by atoms with Crippen LogP contribution in [0.2, 0.25) is 0 Å². The first-order chi connectivity index (χ1) is 9.43. The summed E-state index contributed by atoms with van der Waals surface area (Å²) in [6, 6.07) is 10.1. The van der Waals surface area contributed by atoms with Gasteiger partial charge < -0.3 is 4.57 Å². The maximum absolute atomic E-state index is 5.45. The number of rotatable bonds is 5. The summed E-state index contributed by atoms with van der Waals surface area (Å²) in [7, 11) is 0. The third-order valence-electron chi connectivity index (χ3n) is 3.35. The van der Waals surface area contributed by atoms with E-state index in [0.717, 1.165) is 30.2 Å². The van der Waals surface area contributed by atoms with Gasteiger partial charge in [-0.15, -0.1) is 10.2 Å². The Hall–Kier alpha value is -1.72. The second-order valence-electron chi connectivity index (χ2n) is 4.74. The number of aromatic nitrogens is 3. The van der Waals surface area contributed by atoms with Crippen molar-refractivity contribution in [3.05, 3.63) is 47.5 Å². The molecule has 5 heteroatoms. The molecule has 5 nitrogen and oxygen atoms in total. The summed E-state index contributed by atoms with van der Waals surface area (Å²) in [5.41, 5.74) is 4.11. The molecule has 0 saturated carbocycles. The molecule has 1 aromatic carbocycles. The van der Waals surface area contributed by atoms with Crippen molar-refractivity contribution < 1.29 is 4.84 Å². The van der Waals surface area contributed by atoms with Crippen LogP contribution in [0.25, 0.3) is 0 Å². The molecule has 0 radical (unpaired) electrons. The van der Waals surface area contributed by atoms with Crippen LogP contribution in [-0.2, 0) is 31.0 Å². The number of hydrogen-bond acceptors (Lipinski definition) is 4. The first kappa shape index (κ1) is 12.3. The summed E-state index contributed by atoms with van der Waals surface area (Å²) in [4.78, 5) is 5.45. The summed E-state index contributed by atoms with van der Waals surface area (Å²) in [6.07, 6.45) is 3.47. The van der Waals surface area contributed by atoms with E-state index in [0.29, 0.717) is 13.2 Å². The molecule has 0 amide bonds. The van der Waals surface area contributed by atoms with E-state index in [9.17, 15) is 0 Å². The fourth-order valence-corrected chi connectivity index (χ4v) is 2.32. The smallest absolute Gasteiger partial charge is 0.149 e. The van der Waals surface area contributed by atoms with Gasteiger partial charge >= 0.3 is 0 Å². The summed E-state index contributed by atoms with van der Waals surface area (Å²) in [5.74, 6) is 2.06. The van der Waals surface area contributed by atoms with Crippen molar-refractivity contribution in [2.75, 3.05) is 0 Å². The Kier molecular flexibility index (Phi) is 3.86. The van der Waals surface area contributed by atoms with Crippen LogP contribution in [0.3, 0.4) is 0 Å². The normalized spacial score (nSPS) is 14.3. The molecule has 0 unspecified atom stereocenters. The van der Waals surface area contributed by atoms with Crippen LogP contribution in [0.15, 0.2) is 30.3 Å². The van der Waals surface area contributed by atoms with E-state index in [1.165, 1.54) is 12.8 Å². The zero-order chi connectivity index (χ0) is 12.9. The van der Waals surface area contributed by atoms with Gasteiger partial charge in [0.25, 0.3) is 0 Å². The Labute approximate surface area is 112 Å². The molecule has 3 rings (SSSR count). The predicted molar refractivity (Wildman–Crippen MR) is 71.0 cm³/mol. The molecular weight excluding hydrogens is 240 g/mol. The second kappa shape index (κ2) is 5.95. The first-order valence-corrected chi connectivity index (χ1v) is 6.73. The summed E-state index contributed by atoms with van der Waals surface area (Å²) in [5, 5.41) is 8.42. The lowest BCUT2D eigenvalue weighted by atomic mass is 10.2. The Balaban J connectivity index is 1.49. The van der Waals surface area contributed by atoms with Crippen LogP contribution in [0.4, 0.5) is 0 Å². The van der Waals surface area contributed by atoms with E-state index in [-0.39, 0.29) is 0 Å². The minimum Gasteiger partial charge on any atom is -0.314 e. The van der Waals surface area contributed by atoms with Crippen LogP contribution in [0.5, 0.6) is 0 Å². The van der Waals surface area contributed by atoms with Crippen LogP contribution in [0, 0.1) is 0 Å². The van der Waals surface area contributed by atoms with Crippen molar-refractivity contribution >= 4 is 0 Å². The lowest BCUT2D eigenvalue weighted by Crippen LogP contribution is -2.20. The zero-order valence-electron chi connectivity index (χ0n) is 10.9. The van der Waals surface area contributed by atoms with Gasteiger partial charge in [0.1, 0.15) is 11.6 Å². The highest BCUT2D eigenvalue weighted by atomic mass is 16.6. The average Bonchev–Trinajstić information content (AvgIpc) is 2.88. The molecule has 1 aromatic heterocycles. The standard InChI is InChI=1S/C14H18N4O/c1-2-6-12(7-3-1)11-19-15-10-14-17-16-13-8-4-5-9-18(13)14/h1-3,6-7,15H,4-5,8-11H2. The fraction of sp³-hybridized carbons (Fsp3) is 0.429. The highest BCUT2D eigenvalue weighted by Gasteiger charge is 2.14. The minimum atomic E-state index is 0.557. The van der Waals surface area contributed by atoms with Crippen LogP contribution in [-0.4, -0.2) is 14.8 Å². The molecule has 1 aliphatic rings. The summed E-state index contributed by atoms with van der Waals surface area (Å²) in [6.45, 7) is 2.18. The van der Waals surface area contributed by atoms with Crippen molar-refractivity contribution in [1.29, 1.82) is 0 Å². The molecule has 1 aliphatic heterocycles. The molecule has 0 atom stereocenters. The maximum Gasteiger partial charge on any atom is 0.149 e. The van der Waals surface area contributed by atoms with Gasteiger partial charge in [-0.05, 0) is 18.4 Å². The number of fused-ring (bicyclic) bond motifs is 1.